The van der Waals surface area contributed by atoms with Crippen LogP contribution in [-0.2, 0) is 16.0 Å². The summed E-state index contributed by atoms with van der Waals surface area (Å²) in [6.45, 7) is 4.07. The maximum Gasteiger partial charge on any atom is 0.260 e. The van der Waals surface area contributed by atoms with Gasteiger partial charge < -0.3 is 18.9 Å². The average molecular weight is 385 g/mol. The molecule has 4 rings (SSSR count). The van der Waals surface area contributed by atoms with Crippen LogP contribution < -0.4 is 4.74 Å². The quantitative estimate of drug-likeness (QED) is 0.695. The van der Waals surface area contributed by atoms with Gasteiger partial charge in [-0.1, -0.05) is 17.3 Å². The van der Waals surface area contributed by atoms with Gasteiger partial charge in [0.1, 0.15) is 5.75 Å². The number of hydrogen-bond acceptors (Lipinski definition) is 6. The van der Waals surface area contributed by atoms with E-state index in [1.54, 1.807) is 0 Å². The second-order valence-corrected chi connectivity index (χ2v) is 7.63. The van der Waals surface area contributed by atoms with Gasteiger partial charge in [0.05, 0.1) is 12.7 Å². The number of rotatable bonds is 8. The number of hydrogen-bond donors (Lipinski definition) is 0. The zero-order valence-corrected chi connectivity index (χ0v) is 16.3. The van der Waals surface area contributed by atoms with E-state index >= 15 is 0 Å². The number of aromatic nitrogens is 2. The summed E-state index contributed by atoms with van der Waals surface area (Å²) in [4.78, 5) is 18.6. The van der Waals surface area contributed by atoms with Crippen LogP contribution in [0.25, 0.3) is 0 Å². The molecule has 2 heterocycles. The molecule has 7 heteroatoms. The lowest BCUT2D eigenvalue weighted by atomic mass is 10.1. The molecular weight excluding hydrogens is 358 g/mol. The highest BCUT2D eigenvalue weighted by molar-refractivity contribution is 5.77. The topological polar surface area (TPSA) is 77.7 Å². The van der Waals surface area contributed by atoms with E-state index in [9.17, 15) is 4.79 Å². The molecule has 7 nitrogen and oxygen atoms in total. The first-order valence-electron chi connectivity index (χ1n) is 10.1. The van der Waals surface area contributed by atoms with Crippen molar-refractivity contribution in [2.45, 2.75) is 51.0 Å². The van der Waals surface area contributed by atoms with Gasteiger partial charge in [-0.2, -0.15) is 4.98 Å². The SMILES string of the molecule is Cc1cccc(OCC(=O)N2CCC(OCCc3noc(C4CC4)n3)CC2)c1. The molecule has 2 aliphatic rings. The van der Waals surface area contributed by atoms with E-state index in [0.29, 0.717) is 32.0 Å². The van der Waals surface area contributed by atoms with E-state index in [1.807, 2.05) is 36.1 Å². The molecule has 2 aromatic rings. The van der Waals surface area contributed by atoms with Crippen molar-refractivity contribution >= 4 is 5.91 Å². The Morgan fingerprint density at radius 1 is 1.25 bits per heavy atom. The highest BCUT2D eigenvalue weighted by Gasteiger charge is 2.29. The van der Waals surface area contributed by atoms with Crippen LogP contribution in [0.2, 0.25) is 0 Å². The van der Waals surface area contributed by atoms with E-state index in [0.717, 1.165) is 48.7 Å². The average Bonchev–Trinajstić information content (AvgIpc) is 3.45. The lowest BCUT2D eigenvalue weighted by Gasteiger charge is -2.31. The second kappa shape index (κ2) is 8.73. The minimum atomic E-state index is 0.0272. The van der Waals surface area contributed by atoms with Crippen molar-refractivity contribution in [2.75, 3.05) is 26.3 Å². The van der Waals surface area contributed by atoms with Gasteiger partial charge in [0, 0.05) is 25.4 Å². The lowest BCUT2D eigenvalue weighted by Crippen LogP contribution is -2.43. The maximum atomic E-state index is 12.4. The number of nitrogens with zero attached hydrogens (tertiary/aromatic N) is 3. The number of benzene rings is 1. The number of ether oxygens (including phenoxy) is 2. The van der Waals surface area contributed by atoms with E-state index in [-0.39, 0.29) is 18.6 Å². The van der Waals surface area contributed by atoms with Gasteiger partial charge in [0.25, 0.3) is 5.91 Å². The van der Waals surface area contributed by atoms with Crippen molar-refractivity contribution in [3.8, 4) is 5.75 Å². The van der Waals surface area contributed by atoms with Gasteiger partial charge in [-0.3, -0.25) is 4.79 Å². The van der Waals surface area contributed by atoms with Crippen molar-refractivity contribution in [1.82, 2.24) is 15.0 Å². The molecule has 0 spiro atoms. The summed E-state index contributed by atoms with van der Waals surface area (Å²) < 4.78 is 16.8. The van der Waals surface area contributed by atoms with Gasteiger partial charge >= 0.3 is 0 Å². The largest absolute Gasteiger partial charge is 0.484 e. The van der Waals surface area contributed by atoms with Crippen molar-refractivity contribution in [3.05, 3.63) is 41.5 Å². The third-order valence-electron chi connectivity index (χ3n) is 5.24. The van der Waals surface area contributed by atoms with Gasteiger partial charge in [-0.15, -0.1) is 0 Å². The predicted molar refractivity (Wildman–Crippen MR) is 102 cm³/mol. The minimum absolute atomic E-state index is 0.0272. The number of likely N-dealkylation sites (tertiary alicyclic amines) is 1. The number of aryl methyl sites for hydroxylation is 1. The smallest absolute Gasteiger partial charge is 0.260 e. The Morgan fingerprint density at radius 2 is 2.07 bits per heavy atom. The van der Waals surface area contributed by atoms with Crippen LogP contribution in [0, 0.1) is 6.92 Å². The van der Waals surface area contributed by atoms with Crippen molar-refractivity contribution in [1.29, 1.82) is 0 Å². The van der Waals surface area contributed by atoms with Crippen LogP contribution in [0.15, 0.2) is 28.8 Å². The fraction of sp³-hybridized carbons (Fsp3) is 0.571. The Morgan fingerprint density at radius 3 is 2.82 bits per heavy atom. The first-order valence-corrected chi connectivity index (χ1v) is 10.1. The molecular formula is C21H27N3O4. The van der Waals surface area contributed by atoms with Gasteiger partial charge in [0.2, 0.25) is 5.89 Å². The molecule has 150 valence electrons. The zero-order chi connectivity index (χ0) is 19.3. The Balaban J connectivity index is 1.13. The van der Waals surface area contributed by atoms with Gasteiger partial charge in [-0.05, 0) is 50.3 Å². The summed E-state index contributed by atoms with van der Waals surface area (Å²) in [7, 11) is 0. The number of piperidine rings is 1. The summed E-state index contributed by atoms with van der Waals surface area (Å²) >= 11 is 0. The molecule has 1 saturated carbocycles. The Labute approximate surface area is 165 Å². The predicted octanol–water partition coefficient (Wildman–Crippen LogP) is 2.88. The molecule has 0 radical (unpaired) electrons. The highest BCUT2D eigenvalue weighted by atomic mass is 16.5. The van der Waals surface area contributed by atoms with E-state index in [1.165, 1.54) is 0 Å². The van der Waals surface area contributed by atoms with E-state index < -0.39 is 0 Å². The Kier molecular flexibility index (Phi) is 5.90. The van der Waals surface area contributed by atoms with E-state index in [4.69, 9.17) is 14.0 Å². The third-order valence-corrected chi connectivity index (χ3v) is 5.24. The van der Waals surface area contributed by atoms with E-state index in [2.05, 4.69) is 10.1 Å². The molecule has 2 fully saturated rings. The van der Waals surface area contributed by atoms with Crippen LogP contribution in [0.1, 0.15) is 48.9 Å². The normalized spacial score (nSPS) is 17.7. The summed E-state index contributed by atoms with van der Waals surface area (Å²) in [5.41, 5.74) is 1.12. The lowest BCUT2D eigenvalue weighted by molar-refractivity contribution is -0.136. The van der Waals surface area contributed by atoms with Crippen molar-refractivity contribution < 1.29 is 18.8 Å². The fourth-order valence-corrected chi connectivity index (χ4v) is 3.40. The Hall–Kier alpha value is -2.41. The monoisotopic (exact) mass is 385 g/mol. The molecule has 0 N–H and O–H groups in total. The summed E-state index contributed by atoms with van der Waals surface area (Å²) in [5, 5.41) is 4.01. The summed E-state index contributed by atoms with van der Waals surface area (Å²) in [5.74, 6) is 2.74. The highest BCUT2D eigenvalue weighted by Crippen LogP contribution is 2.38. The molecule has 1 aliphatic carbocycles. The molecule has 0 unspecified atom stereocenters. The fourth-order valence-electron chi connectivity index (χ4n) is 3.40. The summed E-state index contributed by atoms with van der Waals surface area (Å²) in [6, 6.07) is 7.74. The third kappa shape index (κ3) is 5.10. The molecule has 1 amide bonds. The molecule has 1 saturated heterocycles. The first kappa shape index (κ1) is 18.9. The minimum Gasteiger partial charge on any atom is -0.484 e. The van der Waals surface area contributed by atoms with Crippen LogP contribution in [0.5, 0.6) is 5.75 Å². The van der Waals surface area contributed by atoms with Crippen LogP contribution in [-0.4, -0.2) is 53.4 Å². The maximum absolute atomic E-state index is 12.4. The second-order valence-electron chi connectivity index (χ2n) is 7.63. The van der Waals surface area contributed by atoms with Crippen LogP contribution in [0.4, 0.5) is 0 Å². The molecule has 1 aromatic carbocycles. The van der Waals surface area contributed by atoms with Crippen molar-refractivity contribution in [3.63, 3.8) is 0 Å². The summed E-state index contributed by atoms with van der Waals surface area (Å²) in [6.07, 6.45) is 4.85. The van der Waals surface area contributed by atoms with Crippen molar-refractivity contribution in [2.24, 2.45) is 0 Å². The molecule has 1 aromatic heterocycles. The first-order chi connectivity index (χ1) is 13.7. The van der Waals surface area contributed by atoms with Crippen LogP contribution >= 0.6 is 0 Å². The molecule has 28 heavy (non-hydrogen) atoms. The van der Waals surface area contributed by atoms with Gasteiger partial charge in [-0.25, -0.2) is 0 Å². The number of carbonyl (C=O) groups excluding carboxylic acids is 1. The molecule has 0 bridgehead atoms. The number of carbonyl (C=O) groups is 1. The Bertz CT molecular complexity index is 794. The molecule has 0 atom stereocenters. The zero-order valence-electron chi connectivity index (χ0n) is 16.3. The van der Waals surface area contributed by atoms with Gasteiger partial charge in [0.15, 0.2) is 12.4 Å². The number of amides is 1. The molecule has 1 aliphatic heterocycles. The standard InChI is InChI=1S/C21H27N3O4/c1-15-3-2-4-18(13-15)27-14-20(25)24-10-7-17(8-11-24)26-12-9-19-22-21(28-23-19)16-5-6-16/h2-4,13,16-17H,5-12,14H2,1H3. The van der Waals surface area contributed by atoms with Crippen LogP contribution in [0.3, 0.4) is 0 Å².